The number of rotatable bonds is 24. The van der Waals surface area contributed by atoms with E-state index in [0.29, 0.717) is 73.8 Å². The summed E-state index contributed by atoms with van der Waals surface area (Å²) < 4.78 is 21.7. The summed E-state index contributed by atoms with van der Waals surface area (Å²) in [5.74, 6) is -1.65. The first-order valence-corrected chi connectivity index (χ1v) is 20.5. The van der Waals surface area contributed by atoms with E-state index < -0.39 is 11.9 Å². The molecule has 3 aromatic carbocycles. The fourth-order valence-corrected chi connectivity index (χ4v) is 8.09. The average Bonchev–Trinajstić information content (AvgIpc) is 3.57. The quantitative estimate of drug-likeness (QED) is 0.0416. The highest BCUT2D eigenvalue weighted by molar-refractivity contribution is 7.99. The molecule has 298 valence electrons. The van der Waals surface area contributed by atoms with Crippen LogP contribution in [-0.2, 0) is 49.4 Å². The van der Waals surface area contributed by atoms with Crippen molar-refractivity contribution in [3.05, 3.63) is 111 Å². The number of thiophene rings is 1. The molecule has 2 amide bonds. The molecule has 5 rings (SSSR count). The van der Waals surface area contributed by atoms with Crippen LogP contribution < -0.4 is 10.6 Å². The van der Waals surface area contributed by atoms with Crippen molar-refractivity contribution in [2.24, 2.45) is 0 Å². The molecule has 0 spiro atoms. The van der Waals surface area contributed by atoms with Crippen LogP contribution in [0.15, 0.2) is 77.7 Å². The minimum Gasteiger partial charge on any atom is -0.481 e. The minimum absolute atomic E-state index is 0.0219. The van der Waals surface area contributed by atoms with Crippen molar-refractivity contribution in [1.29, 1.82) is 0 Å². The Kier molecular flexibility index (Phi) is 17.4. The van der Waals surface area contributed by atoms with Gasteiger partial charge in [-0.05, 0) is 97.7 Å². The Morgan fingerprint density at radius 2 is 1.27 bits per heavy atom. The number of nitrogens with one attached hydrogen (secondary N) is 2. The van der Waals surface area contributed by atoms with Crippen LogP contribution >= 0.6 is 23.1 Å². The summed E-state index contributed by atoms with van der Waals surface area (Å²) in [6, 6.07) is 22.0. The van der Waals surface area contributed by atoms with E-state index >= 15 is 0 Å². The first kappa shape index (κ1) is 42.6. The molecule has 0 bridgehead atoms. The molecule has 0 atom stereocenters. The first-order chi connectivity index (χ1) is 27.3. The highest BCUT2D eigenvalue weighted by Gasteiger charge is 2.27. The number of hydrogen-bond acceptors (Lipinski definition) is 10. The third kappa shape index (κ3) is 13.9. The zero-order chi connectivity index (χ0) is 39.5. The minimum atomic E-state index is -0.942. The molecule has 4 N–H and O–H groups in total. The van der Waals surface area contributed by atoms with Crippen molar-refractivity contribution in [2.75, 3.05) is 69.2 Å². The predicted molar refractivity (Wildman–Crippen MR) is 217 cm³/mol. The van der Waals surface area contributed by atoms with Gasteiger partial charge in [0.25, 0.3) is 11.8 Å². The topological polar surface area (TPSA) is 170 Å². The lowest BCUT2D eigenvalue weighted by molar-refractivity contribution is -0.138. The summed E-state index contributed by atoms with van der Waals surface area (Å²) in [4.78, 5) is 51.0. The molecule has 0 aliphatic heterocycles. The van der Waals surface area contributed by atoms with E-state index in [1.54, 1.807) is 30.0 Å². The van der Waals surface area contributed by atoms with Gasteiger partial charge in [0.15, 0.2) is 0 Å². The number of benzene rings is 3. The van der Waals surface area contributed by atoms with Crippen LogP contribution in [0, 0.1) is 0 Å². The monoisotopic (exact) mass is 804 g/mol. The maximum Gasteiger partial charge on any atom is 0.335 e. The Morgan fingerprint density at radius 1 is 0.661 bits per heavy atom. The third-order valence-electron chi connectivity index (χ3n) is 8.91. The molecule has 12 nitrogen and oxygen atoms in total. The number of fused-ring (bicyclic) bond motifs is 1. The second-order valence-corrected chi connectivity index (χ2v) is 15.3. The van der Waals surface area contributed by atoms with E-state index in [4.69, 9.17) is 29.2 Å². The number of aromatic carboxylic acids is 1. The molecular formula is C42H48N2O10S2. The van der Waals surface area contributed by atoms with Gasteiger partial charge in [-0.25, -0.2) is 4.79 Å². The van der Waals surface area contributed by atoms with Gasteiger partial charge >= 0.3 is 11.9 Å². The number of thioether (sulfide) groups is 1. The summed E-state index contributed by atoms with van der Waals surface area (Å²) in [6.07, 6.45) is 5.23. The van der Waals surface area contributed by atoms with Gasteiger partial charge in [0.05, 0.1) is 70.4 Å². The molecule has 0 saturated heterocycles. The number of aliphatic carboxylic acids is 1. The molecule has 0 saturated carbocycles. The van der Waals surface area contributed by atoms with Crippen LogP contribution in [-0.4, -0.2) is 92.6 Å². The van der Waals surface area contributed by atoms with Crippen LogP contribution in [0.3, 0.4) is 0 Å². The van der Waals surface area contributed by atoms with Gasteiger partial charge in [0.1, 0.15) is 5.00 Å². The number of carbonyl (C=O) groups excluding carboxylic acids is 2. The van der Waals surface area contributed by atoms with E-state index in [0.717, 1.165) is 65.0 Å². The van der Waals surface area contributed by atoms with Gasteiger partial charge < -0.3 is 39.8 Å². The van der Waals surface area contributed by atoms with E-state index in [9.17, 15) is 19.2 Å². The average molecular weight is 805 g/mol. The lowest BCUT2D eigenvalue weighted by Crippen LogP contribution is -2.18. The Balaban J connectivity index is 1.05. The number of aryl methyl sites for hydroxylation is 3. The van der Waals surface area contributed by atoms with E-state index in [1.165, 1.54) is 11.3 Å². The van der Waals surface area contributed by atoms with Gasteiger partial charge in [-0.15, -0.1) is 23.1 Å². The largest absolute Gasteiger partial charge is 0.481 e. The second-order valence-electron chi connectivity index (χ2n) is 13.0. The molecule has 14 heteroatoms. The third-order valence-corrected chi connectivity index (χ3v) is 11.1. The zero-order valence-corrected chi connectivity index (χ0v) is 32.9. The van der Waals surface area contributed by atoms with Crippen molar-refractivity contribution in [2.45, 2.75) is 49.8 Å². The molecule has 0 radical (unpaired) electrons. The van der Waals surface area contributed by atoms with Crippen molar-refractivity contribution in [3.8, 4) is 0 Å². The summed E-state index contributed by atoms with van der Waals surface area (Å²) >= 11 is 3.07. The van der Waals surface area contributed by atoms with Crippen molar-refractivity contribution >= 4 is 57.5 Å². The highest BCUT2D eigenvalue weighted by atomic mass is 32.2. The van der Waals surface area contributed by atoms with E-state index in [-0.39, 0.29) is 30.4 Å². The number of hydrogen-bond donors (Lipinski definition) is 4. The van der Waals surface area contributed by atoms with Gasteiger partial charge in [-0.3, -0.25) is 14.4 Å². The summed E-state index contributed by atoms with van der Waals surface area (Å²) in [5.41, 5.74) is 5.13. The van der Waals surface area contributed by atoms with Gasteiger partial charge in [0, 0.05) is 26.8 Å². The lowest BCUT2D eigenvalue weighted by atomic mass is 9.95. The number of ether oxygens (including phenoxy) is 4. The van der Waals surface area contributed by atoms with Crippen LogP contribution in [0.4, 0.5) is 10.7 Å². The van der Waals surface area contributed by atoms with Crippen LogP contribution in [0.2, 0.25) is 0 Å². The molecular weight excluding hydrogens is 757 g/mol. The maximum absolute atomic E-state index is 13.8. The fourth-order valence-electron chi connectivity index (χ4n) is 5.99. The molecule has 0 fully saturated rings. The standard InChI is InChI=1S/C42H48N2O10S2/c45-37(46)18-19-51-20-21-52-22-23-53-24-25-54-26-27-55-34-5-3-4-32(28-34)39(47)44-41-38(35-6-1-2-7-36(35)56-41)40(48)43-33-16-12-30(13-17-33)9-8-29-10-14-31(15-11-29)42(49)50/h3-5,10-17,28H,1-2,6-9,18-27H2,(H,43,48)(H,44,47)(H,45,46)(H,49,50). The normalized spacial score (nSPS) is 12.2. The van der Waals surface area contributed by atoms with Crippen LogP contribution in [0.1, 0.15) is 71.9 Å². The molecule has 0 unspecified atom stereocenters. The molecule has 1 heterocycles. The van der Waals surface area contributed by atoms with Gasteiger partial charge in [-0.2, -0.15) is 0 Å². The SMILES string of the molecule is O=C(O)CCOCCOCCOCCOCCSc1cccc(C(=O)Nc2sc3c(c2C(=O)Nc2ccc(CCc4ccc(C(=O)O)cc4)cc2)CCCC3)c1. The van der Waals surface area contributed by atoms with Crippen molar-refractivity contribution in [1.82, 2.24) is 0 Å². The van der Waals surface area contributed by atoms with Crippen LogP contribution in [0.5, 0.6) is 0 Å². The molecule has 1 aliphatic rings. The Hall–Kier alpha value is -4.57. The number of carboxylic acid groups (broad SMARTS) is 2. The van der Waals surface area contributed by atoms with Crippen molar-refractivity contribution in [3.63, 3.8) is 0 Å². The fraction of sp³-hybridized carbons (Fsp3) is 0.381. The Labute approximate surface area is 334 Å². The number of anilines is 2. The lowest BCUT2D eigenvalue weighted by Gasteiger charge is -2.14. The van der Waals surface area contributed by atoms with E-state index in [1.807, 2.05) is 54.6 Å². The van der Waals surface area contributed by atoms with E-state index in [2.05, 4.69) is 10.6 Å². The van der Waals surface area contributed by atoms with Crippen molar-refractivity contribution < 1.29 is 48.3 Å². The van der Waals surface area contributed by atoms with Crippen LogP contribution in [0.25, 0.3) is 0 Å². The second kappa shape index (κ2) is 22.9. The Bertz CT molecular complexity index is 1900. The maximum atomic E-state index is 13.8. The van der Waals surface area contributed by atoms with Gasteiger partial charge in [-0.1, -0.05) is 30.3 Å². The molecule has 1 aliphatic carbocycles. The summed E-state index contributed by atoms with van der Waals surface area (Å²) in [5, 5.41) is 24.4. The molecule has 4 aromatic rings. The number of amides is 2. The Morgan fingerprint density at radius 3 is 1.91 bits per heavy atom. The smallest absolute Gasteiger partial charge is 0.335 e. The van der Waals surface area contributed by atoms with Gasteiger partial charge in [0.2, 0.25) is 0 Å². The number of carbonyl (C=O) groups is 4. The zero-order valence-electron chi connectivity index (χ0n) is 31.2. The molecule has 1 aromatic heterocycles. The number of carboxylic acids is 2. The molecule has 56 heavy (non-hydrogen) atoms. The summed E-state index contributed by atoms with van der Waals surface area (Å²) in [7, 11) is 0. The first-order valence-electron chi connectivity index (χ1n) is 18.7. The predicted octanol–water partition coefficient (Wildman–Crippen LogP) is 7.25. The highest BCUT2D eigenvalue weighted by Crippen LogP contribution is 2.39. The summed E-state index contributed by atoms with van der Waals surface area (Å²) in [6.45, 7) is 3.13.